The second-order valence-corrected chi connectivity index (χ2v) is 6.93. The quantitative estimate of drug-likeness (QED) is 0.452. The molecule has 154 valence electrons. The van der Waals surface area contributed by atoms with Crippen LogP contribution in [-0.2, 0) is 11.2 Å². The number of nitrogens with zero attached hydrogens (tertiary/aromatic N) is 1. The summed E-state index contributed by atoms with van der Waals surface area (Å²) in [7, 11) is 1.57. The van der Waals surface area contributed by atoms with E-state index in [2.05, 4.69) is 20.9 Å². The van der Waals surface area contributed by atoms with Crippen molar-refractivity contribution < 1.29 is 14.3 Å². The molecule has 0 atom stereocenters. The second-order valence-electron chi connectivity index (χ2n) is 5.90. The van der Waals surface area contributed by atoms with Crippen LogP contribution in [-0.4, -0.2) is 30.0 Å². The number of nitrogen functional groups attached to an aromatic ring is 1. The zero-order valence-electron chi connectivity index (χ0n) is 16.4. The third-order valence-electron chi connectivity index (χ3n) is 3.98. The fourth-order valence-electron chi connectivity index (χ4n) is 2.43. The SMILES string of the molecule is CCC(CC)NC(=O)Nc1ccc(Oc2cnc(N)s2)c(CC(=O)NC)c1.N. The molecule has 0 aliphatic rings. The Labute approximate surface area is 168 Å². The summed E-state index contributed by atoms with van der Waals surface area (Å²) in [6.07, 6.45) is 3.36. The van der Waals surface area contributed by atoms with E-state index >= 15 is 0 Å². The summed E-state index contributed by atoms with van der Waals surface area (Å²) in [6.45, 7) is 4.04. The van der Waals surface area contributed by atoms with Gasteiger partial charge >= 0.3 is 6.03 Å². The molecular formula is C18H28N6O3S. The van der Waals surface area contributed by atoms with Crippen molar-refractivity contribution in [2.75, 3.05) is 18.1 Å². The molecule has 0 radical (unpaired) electrons. The van der Waals surface area contributed by atoms with E-state index < -0.39 is 0 Å². The van der Waals surface area contributed by atoms with Gasteiger partial charge in [0.15, 0.2) is 5.13 Å². The Kier molecular flexibility index (Phi) is 9.19. The summed E-state index contributed by atoms with van der Waals surface area (Å²) in [5.41, 5.74) is 6.84. The number of amides is 3. The van der Waals surface area contributed by atoms with E-state index in [4.69, 9.17) is 10.5 Å². The summed E-state index contributed by atoms with van der Waals surface area (Å²) < 4.78 is 5.80. The Hall–Kier alpha value is -2.85. The minimum absolute atomic E-state index is 0. The molecule has 0 aliphatic carbocycles. The van der Waals surface area contributed by atoms with Gasteiger partial charge in [0.05, 0.1) is 12.6 Å². The number of thiazole rings is 1. The van der Waals surface area contributed by atoms with Gasteiger partial charge in [-0.05, 0) is 31.0 Å². The average molecular weight is 409 g/mol. The number of likely N-dealkylation sites (N-methyl/N-ethyl adjacent to an activating group) is 1. The first-order valence-electron chi connectivity index (χ1n) is 8.75. The molecule has 1 aromatic carbocycles. The van der Waals surface area contributed by atoms with E-state index in [1.807, 2.05) is 13.8 Å². The first-order chi connectivity index (χ1) is 12.9. The van der Waals surface area contributed by atoms with Gasteiger partial charge < -0.3 is 32.6 Å². The normalized spacial score (nSPS) is 10.1. The topological polar surface area (TPSA) is 153 Å². The van der Waals surface area contributed by atoms with Gasteiger partial charge in [0.25, 0.3) is 0 Å². The molecule has 0 saturated carbocycles. The number of nitrogens with two attached hydrogens (primary N) is 1. The van der Waals surface area contributed by atoms with Crippen molar-refractivity contribution in [2.24, 2.45) is 0 Å². The van der Waals surface area contributed by atoms with E-state index in [9.17, 15) is 9.59 Å². The fraction of sp³-hybridized carbons (Fsp3) is 0.389. The molecule has 0 fully saturated rings. The number of anilines is 2. The molecule has 3 amide bonds. The monoisotopic (exact) mass is 408 g/mol. The summed E-state index contributed by atoms with van der Waals surface area (Å²) in [5.74, 6) is 0.343. The average Bonchev–Trinajstić information content (AvgIpc) is 3.06. The third kappa shape index (κ3) is 6.71. The highest BCUT2D eigenvalue weighted by atomic mass is 32.1. The van der Waals surface area contributed by atoms with Crippen molar-refractivity contribution >= 4 is 34.1 Å². The first-order valence-corrected chi connectivity index (χ1v) is 9.56. The molecule has 8 N–H and O–H groups in total. The molecule has 10 heteroatoms. The van der Waals surface area contributed by atoms with Crippen LogP contribution in [0.5, 0.6) is 10.8 Å². The van der Waals surface area contributed by atoms with E-state index in [0.29, 0.717) is 27.2 Å². The van der Waals surface area contributed by atoms with E-state index in [-0.39, 0.29) is 30.6 Å². The number of nitrogens with one attached hydrogen (secondary N) is 3. The first kappa shape index (κ1) is 23.2. The highest BCUT2D eigenvalue weighted by molar-refractivity contribution is 7.17. The number of ether oxygens (including phenoxy) is 1. The van der Waals surface area contributed by atoms with Gasteiger partial charge in [-0.25, -0.2) is 9.78 Å². The van der Waals surface area contributed by atoms with Crippen LogP contribution < -0.4 is 32.6 Å². The summed E-state index contributed by atoms with van der Waals surface area (Å²) in [6, 6.07) is 5.00. The number of urea groups is 1. The molecular weight excluding hydrogens is 380 g/mol. The lowest BCUT2D eigenvalue weighted by molar-refractivity contribution is -0.119. The molecule has 0 bridgehead atoms. The van der Waals surface area contributed by atoms with Gasteiger partial charge in [-0.15, -0.1) is 0 Å². The van der Waals surface area contributed by atoms with E-state index in [1.54, 1.807) is 25.2 Å². The zero-order chi connectivity index (χ0) is 19.8. The van der Waals surface area contributed by atoms with Crippen molar-refractivity contribution in [3.63, 3.8) is 0 Å². The van der Waals surface area contributed by atoms with Gasteiger partial charge in [0.1, 0.15) is 5.75 Å². The van der Waals surface area contributed by atoms with Crippen LogP contribution in [0.25, 0.3) is 0 Å². The number of hydrogen-bond acceptors (Lipinski definition) is 7. The molecule has 1 aromatic heterocycles. The fourth-order valence-corrected chi connectivity index (χ4v) is 2.98. The summed E-state index contributed by atoms with van der Waals surface area (Å²) in [4.78, 5) is 28.0. The molecule has 9 nitrogen and oxygen atoms in total. The van der Waals surface area contributed by atoms with Crippen molar-refractivity contribution in [1.29, 1.82) is 0 Å². The van der Waals surface area contributed by atoms with Gasteiger partial charge in [0.2, 0.25) is 11.0 Å². The summed E-state index contributed by atoms with van der Waals surface area (Å²) in [5, 5.41) is 9.22. The van der Waals surface area contributed by atoms with Gasteiger partial charge in [0, 0.05) is 24.3 Å². The van der Waals surface area contributed by atoms with Gasteiger partial charge in [-0.3, -0.25) is 4.79 Å². The summed E-state index contributed by atoms with van der Waals surface area (Å²) >= 11 is 1.21. The number of carbonyl (C=O) groups excluding carboxylic acids is 2. The van der Waals surface area contributed by atoms with Gasteiger partial charge in [-0.2, -0.15) is 0 Å². The van der Waals surface area contributed by atoms with Crippen LogP contribution in [0.15, 0.2) is 24.4 Å². The third-order valence-corrected chi connectivity index (χ3v) is 4.69. The lowest BCUT2D eigenvalue weighted by Gasteiger charge is -2.16. The van der Waals surface area contributed by atoms with Crippen molar-refractivity contribution in [1.82, 2.24) is 21.8 Å². The lowest BCUT2D eigenvalue weighted by Crippen LogP contribution is -2.37. The zero-order valence-corrected chi connectivity index (χ0v) is 17.2. The van der Waals surface area contributed by atoms with Crippen LogP contribution in [0.3, 0.4) is 0 Å². The van der Waals surface area contributed by atoms with Crippen LogP contribution in [0.1, 0.15) is 32.3 Å². The highest BCUT2D eigenvalue weighted by Gasteiger charge is 2.14. The van der Waals surface area contributed by atoms with Crippen LogP contribution in [0.4, 0.5) is 15.6 Å². The molecule has 2 rings (SSSR count). The number of aromatic nitrogens is 1. The predicted octanol–water partition coefficient (Wildman–Crippen LogP) is 3.28. The molecule has 1 heterocycles. The van der Waals surface area contributed by atoms with Crippen LogP contribution >= 0.6 is 11.3 Å². The number of rotatable bonds is 8. The Bertz CT molecular complexity index is 791. The minimum Gasteiger partial charge on any atom is -0.445 e. The van der Waals surface area contributed by atoms with Crippen LogP contribution in [0, 0.1) is 0 Å². The van der Waals surface area contributed by atoms with E-state index in [0.717, 1.165) is 12.8 Å². The Morgan fingerprint density at radius 1 is 1.29 bits per heavy atom. The maximum absolute atomic E-state index is 12.2. The second kappa shape index (κ2) is 11.1. The number of hydrogen-bond donors (Lipinski definition) is 5. The standard InChI is InChI=1S/C18H25N5O3S.H3N/c1-4-12(5-2)22-18(25)23-13-6-7-14(11(8-13)9-15(24)20-3)26-16-10-21-17(19)27-16;/h6-8,10,12H,4-5,9H2,1-3H3,(H2,19,21)(H,20,24)(H2,22,23,25);1H3. The molecule has 0 spiro atoms. The molecule has 0 unspecified atom stereocenters. The van der Waals surface area contributed by atoms with Crippen molar-refractivity contribution in [3.8, 4) is 10.8 Å². The molecule has 28 heavy (non-hydrogen) atoms. The Balaban J connectivity index is 0.00000392. The molecule has 0 aliphatic heterocycles. The minimum atomic E-state index is -0.279. The highest BCUT2D eigenvalue weighted by Crippen LogP contribution is 2.32. The van der Waals surface area contributed by atoms with Gasteiger partial charge in [-0.1, -0.05) is 25.2 Å². The maximum Gasteiger partial charge on any atom is 0.319 e. The molecule has 2 aromatic rings. The Morgan fingerprint density at radius 3 is 2.57 bits per heavy atom. The number of carbonyl (C=O) groups is 2. The largest absolute Gasteiger partial charge is 0.445 e. The number of benzene rings is 1. The Morgan fingerprint density at radius 2 is 2.00 bits per heavy atom. The van der Waals surface area contributed by atoms with Crippen molar-refractivity contribution in [2.45, 2.75) is 39.2 Å². The van der Waals surface area contributed by atoms with Crippen molar-refractivity contribution in [3.05, 3.63) is 30.0 Å². The molecule has 0 saturated heterocycles. The predicted molar refractivity (Wildman–Crippen MR) is 112 cm³/mol. The lowest BCUT2D eigenvalue weighted by atomic mass is 10.1. The van der Waals surface area contributed by atoms with E-state index in [1.165, 1.54) is 17.5 Å². The van der Waals surface area contributed by atoms with Crippen LogP contribution in [0.2, 0.25) is 0 Å². The smallest absolute Gasteiger partial charge is 0.319 e. The maximum atomic E-state index is 12.2.